The van der Waals surface area contributed by atoms with E-state index in [4.69, 9.17) is 0 Å². The lowest BCUT2D eigenvalue weighted by Crippen LogP contribution is -2.41. The number of hydrogen-bond donors (Lipinski definition) is 1. The molecule has 1 fully saturated rings. The maximum absolute atomic E-state index is 9.20. The summed E-state index contributed by atoms with van der Waals surface area (Å²) < 4.78 is 0. The molecule has 0 aromatic carbocycles. The van der Waals surface area contributed by atoms with E-state index < -0.39 is 0 Å². The third-order valence-electron chi connectivity index (χ3n) is 3.68. The van der Waals surface area contributed by atoms with Gasteiger partial charge in [-0.1, -0.05) is 0 Å². The van der Waals surface area contributed by atoms with E-state index in [-0.39, 0.29) is 0 Å². The zero-order chi connectivity index (χ0) is 13.7. The number of hydrogen-bond acceptors (Lipinski definition) is 4. The Morgan fingerprint density at radius 3 is 3.05 bits per heavy atom. The number of nitriles is 1. The van der Waals surface area contributed by atoms with Crippen molar-refractivity contribution in [3.8, 4) is 6.07 Å². The molecule has 0 spiro atoms. The number of anilines is 1. The van der Waals surface area contributed by atoms with Crippen LogP contribution in [0.5, 0.6) is 0 Å². The summed E-state index contributed by atoms with van der Waals surface area (Å²) in [7, 11) is 0. The van der Waals surface area contributed by atoms with Crippen LogP contribution in [0.3, 0.4) is 0 Å². The van der Waals surface area contributed by atoms with Crippen LogP contribution in [0.15, 0.2) is 18.3 Å². The second-order valence-corrected chi connectivity index (χ2v) is 5.44. The molecular weight excluding hydrogens is 236 g/mol. The number of nitrogens with zero attached hydrogens (tertiary/aromatic N) is 3. The van der Waals surface area contributed by atoms with Gasteiger partial charge in [-0.05, 0) is 57.8 Å². The molecule has 0 amide bonds. The Balaban J connectivity index is 2.17. The molecule has 0 aliphatic carbocycles. The molecular formula is C15H22N4. The molecule has 1 unspecified atom stereocenters. The first-order valence-corrected chi connectivity index (χ1v) is 7.05. The van der Waals surface area contributed by atoms with Gasteiger partial charge in [0.2, 0.25) is 0 Å². The highest BCUT2D eigenvalue weighted by Crippen LogP contribution is 2.23. The molecule has 1 aromatic heterocycles. The molecule has 0 radical (unpaired) electrons. The minimum atomic E-state index is 0.373. The topological polar surface area (TPSA) is 52.0 Å². The van der Waals surface area contributed by atoms with E-state index in [2.05, 4.69) is 35.1 Å². The Kier molecular flexibility index (Phi) is 4.75. The normalized spacial score (nSPS) is 19.2. The zero-order valence-corrected chi connectivity index (χ0v) is 11.8. The van der Waals surface area contributed by atoms with Crippen LogP contribution in [0.25, 0.3) is 0 Å². The van der Waals surface area contributed by atoms with E-state index in [0.29, 0.717) is 17.7 Å². The highest BCUT2D eigenvalue weighted by Gasteiger charge is 2.21. The van der Waals surface area contributed by atoms with Gasteiger partial charge in [0.15, 0.2) is 5.69 Å². The van der Waals surface area contributed by atoms with Gasteiger partial charge in [0.05, 0.1) is 5.69 Å². The summed E-state index contributed by atoms with van der Waals surface area (Å²) in [5, 5.41) is 12.7. The molecule has 4 heteroatoms. The lowest BCUT2D eigenvalue weighted by Gasteiger charge is -2.34. The van der Waals surface area contributed by atoms with Crippen molar-refractivity contribution in [3.63, 3.8) is 0 Å². The molecule has 1 saturated heterocycles. The van der Waals surface area contributed by atoms with Crippen molar-refractivity contribution in [3.05, 3.63) is 24.0 Å². The molecule has 1 aliphatic heterocycles. The van der Waals surface area contributed by atoms with Gasteiger partial charge in [-0.2, -0.15) is 5.26 Å². The van der Waals surface area contributed by atoms with E-state index in [0.717, 1.165) is 25.3 Å². The second-order valence-electron chi connectivity index (χ2n) is 5.44. The Morgan fingerprint density at radius 2 is 2.42 bits per heavy atom. The molecule has 19 heavy (non-hydrogen) atoms. The van der Waals surface area contributed by atoms with Crippen molar-refractivity contribution >= 4 is 5.69 Å². The Morgan fingerprint density at radius 1 is 1.58 bits per heavy atom. The highest BCUT2D eigenvalue weighted by atomic mass is 15.2. The van der Waals surface area contributed by atoms with Crippen LogP contribution in [0.2, 0.25) is 0 Å². The van der Waals surface area contributed by atoms with Crippen LogP contribution in [0.1, 0.15) is 32.4 Å². The number of nitrogens with one attached hydrogen (secondary N) is 1. The minimum Gasteiger partial charge on any atom is -0.366 e. The summed E-state index contributed by atoms with van der Waals surface area (Å²) >= 11 is 0. The van der Waals surface area contributed by atoms with Crippen LogP contribution in [0, 0.1) is 17.2 Å². The predicted octanol–water partition coefficient (Wildman–Crippen LogP) is 2.17. The minimum absolute atomic E-state index is 0.373. The van der Waals surface area contributed by atoms with Gasteiger partial charge in [-0.25, -0.2) is 4.98 Å². The van der Waals surface area contributed by atoms with Crippen molar-refractivity contribution < 1.29 is 0 Å². The fourth-order valence-electron chi connectivity index (χ4n) is 2.66. The summed E-state index contributed by atoms with van der Waals surface area (Å²) in [5.41, 5.74) is 1.49. The average molecular weight is 258 g/mol. The lowest BCUT2D eigenvalue weighted by molar-refractivity contribution is 0.371. The third-order valence-corrected chi connectivity index (χ3v) is 3.68. The van der Waals surface area contributed by atoms with E-state index in [1.807, 2.05) is 12.1 Å². The van der Waals surface area contributed by atoms with Crippen LogP contribution in [-0.4, -0.2) is 30.7 Å². The Hall–Kier alpha value is -1.60. The van der Waals surface area contributed by atoms with E-state index in [9.17, 15) is 5.26 Å². The van der Waals surface area contributed by atoms with E-state index in [1.54, 1.807) is 6.20 Å². The van der Waals surface area contributed by atoms with Crippen LogP contribution in [0.4, 0.5) is 5.69 Å². The lowest BCUT2D eigenvalue weighted by atomic mass is 9.98. The van der Waals surface area contributed by atoms with Gasteiger partial charge in [-0.3, -0.25) is 0 Å². The van der Waals surface area contributed by atoms with Gasteiger partial charge in [0, 0.05) is 18.8 Å². The van der Waals surface area contributed by atoms with E-state index in [1.165, 1.54) is 12.8 Å². The summed E-state index contributed by atoms with van der Waals surface area (Å²) in [6.07, 6.45) is 4.19. The smallest absolute Gasteiger partial charge is 0.163 e. The highest BCUT2D eigenvalue weighted by molar-refractivity contribution is 5.56. The molecule has 102 valence electrons. The molecule has 2 heterocycles. The first-order chi connectivity index (χ1) is 9.22. The van der Waals surface area contributed by atoms with Gasteiger partial charge in [0.1, 0.15) is 6.07 Å². The number of rotatable bonds is 4. The van der Waals surface area contributed by atoms with E-state index >= 15 is 0 Å². The maximum Gasteiger partial charge on any atom is 0.163 e. The molecule has 2 rings (SSSR count). The maximum atomic E-state index is 9.20. The summed E-state index contributed by atoms with van der Waals surface area (Å²) in [6.45, 7) is 7.54. The average Bonchev–Trinajstić information content (AvgIpc) is 2.45. The van der Waals surface area contributed by atoms with Gasteiger partial charge in [-0.15, -0.1) is 0 Å². The molecule has 1 aliphatic rings. The van der Waals surface area contributed by atoms with Crippen LogP contribution < -0.4 is 10.2 Å². The largest absolute Gasteiger partial charge is 0.366 e. The van der Waals surface area contributed by atoms with Crippen molar-refractivity contribution in [1.82, 2.24) is 10.3 Å². The number of pyridine rings is 1. The number of aromatic nitrogens is 1. The SMILES string of the molecule is CC(C)N(CC1CCCNC1)c1cccnc1C#N. The summed E-state index contributed by atoms with van der Waals surface area (Å²) in [4.78, 5) is 6.48. The summed E-state index contributed by atoms with van der Waals surface area (Å²) in [6, 6.07) is 6.48. The van der Waals surface area contributed by atoms with Crippen molar-refractivity contribution in [2.24, 2.45) is 5.92 Å². The molecule has 0 bridgehead atoms. The van der Waals surface area contributed by atoms with Gasteiger partial charge in [0.25, 0.3) is 0 Å². The van der Waals surface area contributed by atoms with Crippen molar-refractivity contribution in [2.45, 2.75) is 32.7 Å². The summed E-state index contributed by atoms with van der Waals surface area (Å²) in [5.74, 6) is 0.655. The second kappa shape index (κ2) is 6.53. The van der Waals surface area contributed by atoms with Gasteiger partial charge >= 0.3 is 0 Å². The third kappa shape index (κ3) is 3.45. The zero-order valence-electron chi connectivity index (χ0n) is 11.8. The Bertz CT molecular complexity index is 444. The number of piperidine rings is 1. The molecule has 1 aromatic rings. The van der Waals surface area contributed by atoms with Crippen molar-refractivity contribution in [1.29, 1.82) is 5.26 Å². The van der Waals surface area contributed by atoms with Crippen LogP contribution in [-0.2, 0) is 0 Å². The van der Waals surface area contributed by atoms with Gasteiger partial charge < -0.3 is 10.2 Å². The molecule has 4 nitrogen and oxygen atoms in total. The van der Waals surface area contributed by atoms with Crippen LogP contribution >= 0.6 is 0 Å². The molecule has 1 N–H and O–H groups in total. The first kappa shape index (κ1) is 13.8. The Labute approximate surface area is 115 Å². The van der Waals surface area contributed by atoms with Crippen molar-refractivity contribution in [2.75, 3.05) is 24.5 Å². The predicted molar refractivity (Wildman–Crippen MR) is 77.0 cm³/mol. The monoisotopic (exact) mass is 258 g/mol. The first-order valence-electron chi connectivity index (χ1n) is 7.05. The standard InChI is InChI=1S/C15H22N4/c1-12(2)19(11-13-5-3-7-17-10-13)15-6-4-8-18-14(15)9-16/h4,6,8,12-13,17H,3,5,7,10-11H2,1-2H3. The fourth-order valence-corrected chi connectivity index (χ4v) is 2.66. The fraction of sp³-hybridized carbons (Fsp3) is 0.600. The molecule has 1 atom stereocenters. The quantitative estimate of drug-likeness (QED) is 0.899. The molecule has 0 saturated carbocycles.